The highest BCUT2D eigenvalue weighted by Gasteiger charge is 2.21. The number of anilines is 1. The molecule has 1 aliphatic heterocycles. The molecule has 6 heteroatoms. The molecule has 0 N–H and O–H groups in total. The zero-order chi connectivity index (χ0) is 13.8. The largest absolute Gasteiger partial charge is 0.368 e. The summed E-state index contributed by atoms with van der Waals surface area (Å²) >= 11 is 8.18. The third-order valence-corrected chi connectivity index (χ3v) is 4.98. The minimum absolute atomic E-state index is 0.219. The molecule has 1 aromatic rings. The molecule has 0 spiro atoms. The van der Waals surface area contributed by atoms with E-state index in [0.29, 0.717) is 10.3 Å². The highest BCUT2D eigenvalue weighted by atomic mass is 35.5. The van der Waals surface area contributed by atoms with Gasteiger partial charge in [-0.2, -0.15) is 16.9 Å². The molecule has 1 saturated heterocycles. The van der Waals surface area contributed by atoms with Gasteiger partial charge in [-0.3, -0.25) is 4.79 Å². The first-order valence-corrected chi connectivity index (χ1v) is 8.14. The van der Waals surface area contributed by atoms with Crippen LogP contribution in [0.2, 0.25) is 5.02 Å². The summed E-state index contributed by atoms with van der Waals surface area (Å²) in [6, 6.07) is 0. The van der Waals surface area contributed by atoms with Crippen LogP contribution in [0.5, 0.6) is 0 Å². The van der Waals surface area contributed by atoms with Crippen LogP contribution >= 0.6 is 23.4 Å². The zero-order valence-corrected chi connectivity index (χ0v) is 13.0. The standard InChI is InChI=1S/C13H20ClN3OS/c1-3-19-10-6-4-5-7-17(9-10)11-8-15-16(2)13(18)12(11)14/h8,10H,3-7,9H2,1-2H3. The quantitative estimate of drug-likeness (QED) is 0.860. The topological polar surface area (TPSA) is 38.1 Å². The molecule has 19 heavy (non-hydrogen) atoms. The Morgan fingerprint density at radius 3 is 3.05 bits per heavy atom. The molecule has 0 aromatic carbocycles. The Balaban J connectivity index is 2.24. The Hall–Kier alpha value is -0.680. The fraction of sp³-hybridized carbons (Fsp3) is 0.692. The number of rotatable bonds is 3. The Morgan fingerprint density at radius 2 is 2.32 bits per heavy atom. The molecule has 1 fully saturated rings. The zero-order valence-electron chi connectivity index (χ0n) is 11.4. The van der Waals surface area contributed by atoms with Crippen LogP contribution in [0.3, 0.4) is 0 Å². The fourth-order valence-electron chi connectivity index (χ4n) is 2.42. The number of hydrogen-bond acceptors (Lipinski definition) is 4. The van der Waals surface area contributed by atoms with Crippen LogP contribution < -0.4 is 10.5 Å². The summed E-state index contributed by atoms with van der Waals surface area (Å²) in [4.78, 5) is 14.1. The van der Waals surface area contributed by atoms with Gasteiger partial charge in [0.25, 0.3) is 5.56 Å². The second-order valence-corrected chi connectivity index (χ2v) is 6.75. The van der Waals surface area contributed by atoms with E-state index in [4.69, 9.17) is 11.6 Å². The summed E-state index contributed by atoms with van der Waals surface area (Å²) < 4.78 is 1.28. The van der Waals surface area contributed by atoms with Gasteiger partial charge >= 0.3 is 0 Å². The minimum Gasteiger partial charge on any atom is -0.368 e. The predicted octanol–water partition coefficient (Wildman–Crippen LogP) is 2.55. The van der Waals surface area contributed by atoms with Crippen LogP contribution in [-0.2, 0) is 7.05 Å². The van der Waals surface area contributed by atoms with E-state index in [9.17, 15) is 4.79 Å². The third kappa shape index (κ3) is 3.45. The van der Waals surface area contributed by atoms with E-state index < -0.39 is 0 Å². The van der Waals surface area contributed by atoms with Crippen molar-refractivity contribution >= 4 is 29.1 Å². The van der Waals surface area contributed by atoms with Gasteiger partial charge in [-0.25, -0.2) is 4.68 Å². The number of hydrogen-bond donors (Lipinski definition) is 0. The summed E-state index contributed by atoms with van der Waals surface area (Å²) in [5.41, 5.74) is 0.566. The summed E-state index contributed by atoms with van der Waals surface area (Å²) in [5, 5.41) is 5.00. The smallest absolute Gasteiger partial charge is 0.287 e. The highest BCUT2D eigenvalue weighted by Crippen LogP contribution is 2.28. The lowest BCUT2D eigenvalue weighted by molar-refractivity contribution is 0.698. The predicted molar refractivity (Wildman–Crippen MR) is 82.5 cm³/mol. The maximum Gasteiger partial charge on any atom is 0.287 e. The number of halogens is 1. The van der Waals surface area contributed by atoms with Crippen LogP contribution in [0.4, 0.5) is 5.69 Å². The number of aryl methyl sites for hydroxylation is 1. The van der Waals surface area contributed by atoms with Crippen molar-refractivity contribution in [2.45, 2.75) is 31.4 Å². The molecule has 0 bridgehead atoms. The maximum absolute atomic E-state index is 11.9. The number of nitrogens with zero attached hydrogens (tertiary/aromatic N) is 3. The monoisotopic (exact) mass is 301 g/mol. The summed E-state index contributed by atoms with van der Waals surface area (Å²) in [5.74, 6) is 1.13. The molecule has 0 aliphatic carbocycles. The molecule has 2 rings (SSSR count). The molecular weight excluding hydrogens is 282 g/mol. The lowest BCUT2D eigenvalue weighted by Gasteiger charge is -2.26. The Labute approximate surface area is 123 Å². The van der Waals surface area contributed by atoms with Crippen molar-refractivity contribution in [3.8, 4) is 0 Å². The summed E-state index contributed by atoms with van der Waals surface area (Å²) in [6.45, 7) is 4.09. The van der Waals surface area contributed by atoms with Crippen molar-refractivity contribution in [3.63, 3.8) is 0 Å². The van der Waals surface area contributed by atoms with Crippen molar-refractivity contribution in [1.82, 2.24) is 9.78 Å². The van der Waals surface area contributed by atoms with E-state index in [1.54, 1.807) is 13.2 Å². The van der Waals surface area contributed by atoms with Crippen molar-refractivity contribution in [3.05, 3.63) is 21.6 Å². The van der Waals surface area contributed by atoms with Crippen LogP contribution in [0.15, 0.2) is 11.0 Å². The van der Waals surface area contributed by atoms with Gasteiger partial charge in [0.05, 0.1) is 11.9 Å². The third-order valence-electron chi connectivity index (χ3n) is 3.43. The Morgan fingerprint density at radius 1 is 1.53 bits per heavy atom. The van der Waals surface area contributed by atoms with Gasteiger partial charge in [-0.05, 0) is 18.6 Å². The molecule has 4 nitrogen and oxygen atoms in total. The number of thioether (sulfide) groups is 1. The Bertz CT molecular complexity index is 491. The van der Waals surface area contributed by atoms with E-state index in [1.807, 2.05) is 11.8 Å². The molecular formula is C13H20ClN3OS. The van der Waals surface area contributed by atoms with Gasteiger partial charge in [-0.15, -0.1) is 0 Å². The highest BCUT2D eigenvalue weighted by molar-refractivity contribution is 7.99. The van der Waals surface area contributed by atoms with Gasteiger partial charge in [0.1, 0.15) is 5.02 Å². The van der Waals surface area contributed by atoms with Crippen LogP contribution in [0.1, 0.15) is 26.2 Å². The van der Waals surface area contributed by atoms with E-state index in [1.165, 1.54) is 17.5 Å². The van der Waals surface area contributed by atoms with Crippen molar-refractivity contribution in [1.29, 1.82) is 0 Å². The molecule has 1 aliphatic rings. The molecule has 0 radical (unpaired) electrons. The average molecular weight is 302 g/mol. The molecule has 106 valence electrons. The van der Waals surface area contributed by atoms with Crippen LogP contribution in [-0.4, -0.2) is 33.9 Å². The van der Waals surface area contributed by atoms with Crippen molar-refractivity contribution < 1.29 is 0 Å². The maximum atomic E-state index is 11.9. The molecule has 2 heterocycles. The molecule has 1 atom stereocenters. The summed E-state index contributed by atoms with van der Waals surface area (Å²) in [6.07, 6.45) is 5.34. The molecule has 0 amide bonds. The van der Waals surface area contributed by atoms with Gasteiger partial charge in [-0.1, -0.05) is 24.9 Å². The van der Waals surface area contributed by atoms with Crippen molar-refractivity contribution in [2.75, 3.05) is 23.7 Å². The first kappa shape index (κ1) is 14.7. The molecule has 1 unspecified atom stereocenters. The fourth-order valence-corrected chi connectivity index (χ4v) is 3.80. The van der Waals surface area contributed by atoms with Gasteiger partial charge < -0.3 is 4.90 Å². The average Bonchev–Trinajstić information content (AvgIpc) is 2.62. The van der Waals surface area contributed by atoms with E-state index in [-0.39, 0.29) is 5.56 Å². The normalized spacial score (nSPS) is 20.4. The first-order valence-electron chi connectivity index (χ1n) is 6.71. The van der Waals surface area contributed by atoms with E-state index in [2.05, 4.69) is 16.9 Å². The summed E-state index contributed by atoms with van der Waals surface area (Å²) in [7, 11) is 1.62. The first-order chi connectivity index (χ1) is 9.13. The second-order valence-electron chi connectivity index (χ2n) is 4.79. The lowest BCUT2D eigenvalue weighted by atomic mass is 10.2. The minimum atomic E-state index is -0.219. The number of aromatic nitrogens is 2. The van der Waals surface area contributed by atoms with Gasteiger partial charge in [0.15, 0.2) is 0 Å². The molecule has 0 saturated carbocycles. The van der Waals surface area contributed by atoms with Crippen molar-refractivity contribution in [2.24, 2.45) is 7.05 Å². The van der Waals surface area contributed by atoms with Crippen LogP contribution in [0.25, 0.3) is 0 Å². The Kier molecular flexibility index (Phi) is 5.16. The lowest BCUT2D eigenvalue weighted by Crippen LogP contribution is -2.32. The van der Waals surface area contributed by atoms with Gasteiger partial charge in [0.2, 0.25) is 0 Å². The van der Waals surface area contributed by atoms with E-state index >= 15 is 0 Å². The molecule has 1 aromatic heterocycles. The SMILES string of the molecule is CCSC1CCCCN(c2cnn(C)c(=O)c2Cl)C1. The second kappa shape index (κ2) is 6.66. The van der Waals surface area contributed by atoms with Gasteiger partial charge in [0, 0.05) is 25.4 Å². The van der Waals surface area contributed by atoms with Crippen LogP contribution in [0, 0.1) is 0 Å². The van der Waals surface area contributed by atoms with E-state index in [0.717, 1.165) is 31.0 Å².